The van der Waals surface area contributed by atoms with E-state index < -0.39 is 24.3 Å². The van der Waals surface area contributed by atoms with E-state index in [0.29, 0.717) is 32.1 Å². The third kappa shape index (κ3) is 36.5. The molecule has 0 saturated carbocycles. The van der Waals surface area contributed by atoms with E-state index in [-0.39, 0.29) is 25.6 Å². The van der Waals surface area contributed by atoms with Crippen molar-refractivity contribution in [3.05, 3.63) is 72.9 Å². The third-order valence-electron chi connectivity index (χ3n) is 8.14. The van der Waals surface area contributed by atoms with Gasteiger partial charge in [-0.1, -0.05) is 177 Å². The average molecular weight is 701 g/mol. The van der Waals surface area contributed by atoms with Crippen LogP contribution < -0.4 is 0 Å². The van der Waals surface area contributed by atoms with Crippen LogP contribution in [0.4, 0.5) is 0 Å². The van der Waals surface area contributed by atoms with E-state index in [1.807, 2.05) is 48.6 Å². The van der Waals surface area contributed by atoms with E-state index in [1.54, 1.807) is 24.3 Å². The largest absolute Gasteiger partial charge is 0.463 e. The van der Waals surface area contributed by atoms with Crippen molar-refractivity contribution in [2.24, 2.45) is 0 Å². The topological polar surface area (TPSA) is 113 Å². The fourth-order valence-corrected chi connectivity index (χ4v) is 5.11. The van der Waals surface area contributed by atoms with Crippen LogP contribution in [0, 0.1) is 0 Å². The number of unbranched alkanes of at least 4 members (excludes halogenated alkanes) is 14. The average Bonchev–Trinajstić information content (AvgIpc) is 3.10. The molecule has 3 N–H and O–H groups in total. The van der Waals surface area contributed by atoms with E-state index in [2.05, 4.69) is 13.8 Å². The zero-order chi connectivity index (χ0) is 36.8. The van der Waals surface area contributed by atoms with Crippen molar-refractivity contribution in [3.8, 4) is 0 Å². The van der Waals surface area contributed by atoms with E-state index in [1.165, 1.54) is 77.0 Å². The number of rotatable bonds is 34. The van der Waals surface area contributed by atoms with Crippen LogP contribution in [0.15, 0.2) is 72.9 Å². The molecule has 0 bridgehead atoms. The first kappa shape index (κ1) is 47.3. The van der Waals surface area contributed by atoms with Crippen molar-refractivity contribution >= 4 is 11.9 Å². The van der Waals surface area contributed by atoms with Crippen LogP contribution in [-0.2, 0) is 19.1 Å². The number of ether oxygens (including phenoxy) is 2. The molecule has 0 aliphatic heterocycles. The van der Waals surface area contributed by atoms with Gasteiger partial charge in [0.05, 0.1) is 12.2 Å². The normalized spacial score (nSPS) is 14.3. The Morgan fingerprint density at radius 1 is 0.520 bits per heavy atom. The maximum atomic E-state index is 12.0. The Morgan fingerprint density at radius 2 is 0.960 bits per heavy atom. The van der Waals surface area contributed by atoms with Crippen LogP contribution >= 0.6 is 0 Å². The smallest absolute Gasteiger partial charge is 0.306 e. The minimum atomic E-state index is -1.03. The molecule has 0 aromatic rings. The summed E-state index contributed by atoms with van der Waals surface area (Å²) in [5.41, 5.74) is 0. The number of aliphatic hydroxyl groups is 3. The van der Waals surface area contributed by atoms with Gasteiger partial charge in [0.1, 0.15) is 19.3 Å². The standard InChI is InChI=1S/C43H72O7/c1-3-5-7-8-9-10-11-12-13-14-15-16-17-21-29-35-42(47)49-37-41(46)38-50-43(48)36-30-22-19-18-20-26-32-40(45)34-28-24-23-27-33-39(44)31-25-6-4-2/h6,19-20,22-28,33-34,39-41,44-46H,3-5,7-18,21,29-32,35-38H2,1-2H3/b22-19-,24-23-,25-6-,26-20-,33-27+,34-28+/t39-,40+,41+/m1/s1. The van der Waals surface area contributed by atoms with Gasteiger partial charge in [0.25, 0.3) is 0 Å². The molecule has 0 rings (SSSR count). The minimum absolute atomic E-state index is 0.169. The Balaban J connectivity index is 3.71. The number of carbonyl (C=O) groups is 2. The first-order chi connectivity index (χ1) is 24.4. The first-order valence-electron chi connectivity index (χ1n) is 19.7. The van der Waals surface area contributed by atoms with Crippen molar-refractivity contribution in [1.29, 1.82) is 0 Å². The van der Waals surface area contributed by atoms with Crippen LogP contribution in [0.3, 0.4) is 0 Å². The monoisotopic (exact) mass is 701 g/mol. The van der Waals surface area contributed by atoms with Gasteiger partial charge in [-0.2, -0.15) is 0 Å². The molecule has 0 fully saturated rings. The molecular formula is C43H72O7. The highest BCUT2D eigenvalue weighted by Gasteiger charge is 2.11. The van der Waals surface area contributed by atoms with Crippen molar-refractivity contribution < 1.29 is 34.4 Å². The van der Waals surface area contributed by atoms with Crippen molar-refractivity contribution in [2.45, 2.75) is 173 Å². The predicted molar refractivity (Wildman–Crippen MR) is 208 cm³/mol. The summed E-state index contributed by atoms with van der Waals surface area (Å²) in [6.45, 7) is 3.95. The molecule has 0 heterocycles. The predicted octanol–water partition coefficient (Wildman–Crippen LogP) is 10.1. The molecule has 0 amide bonds. The Morgan fingerprint density at radius 3 is 1.46 bits per heavy atom. The van der Waals surface area contributed by atoms with Gasteiger partial charge in [0, 0.05) is 12.8 Å². The van der Waals surface area contributed by atoms with Gasteiger partial charge in [-0.05, 0) is 38.5 Å². The maximum absolute atomic E-state index is 12.0. The lowest BCUT2D eigenvalue weighted by Crippen LogP contribution is -2.25. The Hall–Kier alpha value is -2.74. The Bertz CT molecular complexity index is 962. The van der Waals surface area contributed by atoms with E-state index >= 15 is 0 Å². The van der Waals surface area contributed by atoms with Crippen molar-refractivity contribution in [3.63, 3.8) is 0 Å². The molecule has 7 heteroatoms. The zero-order valence-electron chi connectivity index (χ0n) is 31.6. The summed E-state index contributed by atoms with van der Waals surface area (Å²) in [4.78, 5) is 23.9. The van der Waals surface area contributed by atoms with E-state index in [4.69, 9.17) is 9.47 Å². The molecule has 0 aromatic carbocycles. The SMILES string of the molecule is CC/C=C\C[C@@H](O)/C=C/C=C\C=C\[C@@H](O)C/C=C\C/C=C\CCC(=O)OC[C@@H](O)COC(=O)CCCCCCCCCCCCCCCCC. The molecule has 0 aromatic heterocycles. The minimum Gasteiger partial charge on any atom is -0.463 e. The van der Waals surface area contributed by atoms with Gasteiger partial charge in [-0.15, -0.1) is 0 Å². The highest BCUT2D eigenvalue weighted by Crippen LogP contribution is 2.14. The second-order valence-electron chi connectivity index (χ2n) is 13.1. The summed E-state index contributed by atoms with van der Waals surface area (Å²) in [7, 11) is 0. The molecule has 0 aliphatic carbocycles. The number of esters is 2. The van der Waals surface area contributed by atoms with Gasteiger partial charge < -0.3 is 24.8 Å². The maximum Gasteiger partial charge on any atom is 0.306 e. The van der Waals surface area contributed by atoms with Gasteiger partial charge in [0.2, 0.25) is 0 Å². The van der Waals surface area contributed by atoms with Gasteiger partial charge in [-0.25, -0.2) is 0 Å². The fraction of sp³-hybridized carbons (Fsp3) is 0.674. The number of hydrogen-bond donors (Lipinski definition) is 3. The molecule has 50 heavy (non-hydrogen) atoms. The third-order valence-corrected chi connectivity index (χ3v) is 8.14. The second kappa shape index (κ2) is 37.5. The number of allylic oxidation sites excluding steroid dienone is 8. The highest BCUT2D eigenvalue weighted by atomic mass is 16.6. The first-order valence-corrected chi connectivity index (χ1v) is 19.7. The van der Waals surface area contributed by atoms with Crippen LogP contribution in [-0.4, -0.2) is 58.8 Å². The van der Waals surface area contributed by atoms with Crippen LogP contribution in [0.25, 0.3) is 0 Å². The molecule has 0 unspecified atom stereocenters. The van der Waals surface area contributed by atoms with Crippen molar-refractivity contribution in [1.82, 2.24) is 0 Å². The van der Waals surface area contributed by atoms with Gasteiger partial charge in [-0.3, -0.25) is 9.59 Å². The van der Waals surface area contributed by atoms with Crippen LogP contribution in [0.5, 0.6) is 0 Å². The fourth-order valence-electron chi connectivity index (χ4n) is 5.11. The lowest BCUT2D eigenvalue weighted by Gasteiger charge is -2.12. The molecule has 286 valence electrons. The highest BCUT2D eigenvalue weighted by molar-refractivity contribution is 5.70. The van der Waals surface area contributed by atoms with Gasteiger partial charge >= 0.3 is 11.9 Å². The lowest BCUT2D eigenvalue weighted by molar-refractivity contribution is -0.152. The number of carbonyl (C=O) groups excluding carboxylic acids is 2. The summed E-state index contributed by atoms with van der Waals surface area (Å²) in [6.07, 6.45) is 43.2. The summed E-state index contributed by atoms with van der Waals surface area (Å²) < 4.78 is 10.2. The van der Waals surface area contributed by atoms with E-state index in [9.17, 15) is 24.9 Å². The van der Waals surface area contributed by atoms with Crippen molar-refractivity contribution in [2.75, 3.05) is 13.2 Å². The molecule has 7 nitrogen and oxygen atoms in total. The summed E-state index contributed by atoms with van der Waals surface area (Å²) in [6, 6.07) is 0. The quantitative estimate of drug-likeness (QED) is 0.0265. The molecule has 0 radical (unpaired) electrons. The van der Waals surface area contributed by atoms with E-state index in [0.717, 1.165) is 25.7 Å². The van der Waals surface area contributed by atoms with Gasteiger partial charge in [0.15, 0.2) is 0 Å². The Labute approximate surface area is 305 Å². The molecule has 0 aliphatic rings. The second-order valence-corrected chi connectivity index (χ2v) is 13.1. The number of aliphatic hydroxyl groups excluding tert-OH is 3. The number of hydrogen-bond acceptors (Lipinski definition) is 7. The summed E-state index contributed by atoms with van der Waals surface area (Å²) in [5, 5.41) is 29.8. The summed E-state index contributed by atoms with van der Waals surface area (Å²) >= 11 is 0. The Kier molecular flexibility index (Phi) is 35.5. The summed E-state index contributed by atoms with van der Waals surface area (Å²) in [5.74, 6) is -0.729. The molecule has 0 spiro atoms. The zero-order valence-corrected chi connectivity index (χ0v) is 31.6. The molecular weight excluding hydrogens is 628 g/mol. The lowest BCUT2D eigenvalue weighted by atomic mass is 10.0. The van der Waals surface area contributed by atoms with Crippen LogP contribution in [0.2, 0.25) is 0 Å². The molecule has 0 saturated heterocycles. The molecule has 3 atom stereocenters. The van der Waals surface area contributed by atoms with Crippen LogP contribution in [0.1, 0.15) is 155 Å².